The van der Waals surface area contributed by atoms with Crippen LogP contribution in [0.15, 0.2) is 49.1 Å². The average molecular weight is 407 g/mol. The number of amides is 2. The summed E-state index contributed by atoms with van der Waals surface area (Å²) in [5.74, 6) is -0.0733. The first-order chi connectivity index (χ1) is 14.5. The number of rotatable bonds is 6. The van der Waals surface area contributed by atoms with E-state index in [1.54, 1.807) is 35.4 Å². The van der Waals surface area contributed by atoms with Crippen molar-refractivity contribution in [2.24, 2.45) is 11.8 Å². The van der Waals surface area contributed by atoms with Gasteiger partial charge in [0.1, 0.15) is 11.4 Å². The Labute approximate surface area is 175 Å². The van der Waals surface area contributed by atoms with Crippen molar-refractivity contribution in [2.45, 2.75) is 31.7 Å². The molecule has 2 fully saturated rings. The number of nitrogens with zero attached hydrogens (tertiary/aromatic N) is 5. The number of ether oxygens (including phenoxy) is 1. The van der Waals surface area contributed by atoms with Crippen molar-refractivity contribution in [1.82, 2.24) is 24.3 Å². The Morgan fingerprint density at radius 3 is 3.00 bits per heavy atom. The molecule has 156 valence electrons. The maximum absolute atomic E-state index is 13.3. The van der Waals surface area contributed by atoms with Crippen LogP contribution in [0.4, 0.5) is 0 Å². The number of pyridine rings is 1. The summed E-state index contributed by atoms with van der Waals surface area (Å²) < 4.78 is 8.24. The lowest BCUT2D eigenvalue weighted by atomic mass is 9.76. The van der Waals surface area contributed by atoms with Crippen molar-refractivity contribution >= 4 is 11.8 Å². The van der Waals surface area contributed by atoms with Crippen LogP contribution < -0.4 is 0 Å². The van der Waals surface area contributed by atoms with Gasteiger partial charge in [0.2, 0.25) is 11.8 Å². The van der Waals surface area contributed by atoms with Crippen molar-refractivity contribution in [3.63, 3.8) is 0 Å². The highest BCUT2D eigenvalue weighted by atomic mass is 16.5. The number of hydrogen-bond acceptors (Lipinski definition) is 5. The first-order valence-electron chi connectivity index (χ1n) is 10.3. The quantitative estimate of drug-likeness (QED) is 0.668. The van der Waals surface area contributed by atoms with Crippen molar-refractivity contribution in [2.75, 3.05) is 20.1 Å². The zero-order valence-corrected chi connectivity index (χ0v) is 17.1. The van der Waals surface area contributed by atoms with E-state index in [1.807, 2.05) is 42.0 Å². The van der Waals surface area contributed by atoms with Gasteiger partial charge in [-0.15, -0.1) is 0 Å². The van der Waals surface area contributed by atoms with Gasteiger partial charge in [0.05, 0.1) is 24.5 Å². The molecule has 30 heavy (non-hydrogen) atoms. The van der Waals surface area contributed by atoms with E-state index in [0.29, 0.717) is 26.2 Å². The highest BCUT2D eigenvalue weighted by Gasteiger charge is 2.67. The number of aryl methyl sites for hydroxylation is 1. The lowest BCUT2D eigenvalue weighted by Crippen LogP contribution is -2.45. The van der Waals surface area contributed by atoms with Gasteiger partial charge in [-0.3, -0.25) is 14.6 Å². The zero-order chi connectivity index (χ0) is 20.9. The lowest BCUT2D eigenvalue weighted by molar-refractivity contribution is -0.142. The fraction of sp³-hybridized carbons (Fsp3) is 0.455. The Kier molecular flexibility index (Phi) is 4.47. The fourth-order valence-corrected chi connectivity index (χ4v) is 4.97. The molecule has 2 bridgehead atoms. The lowest BCUT2D eigenvalue weighted by Gasteiger charge is -2.28. The van der Waals surface area contributed by atoms with Gasteiger partial charge in [-0.1, -0.05) is 18.2 Å². The van der Waals surface area contributed by atoms with E-state index in [2.05, 4.69) is 9.97 Å². The Balaban J connectivity index is 1.31. The van der Waals surface area contributed by atoms with Gasteiger partial charge in [0.15, 0.2) is 0 Å². The molecule has 2 saturated heterocycles. The molecule has 2 aromatic heterocycles. The van der Waals surface area contributed by atoms with Crippen LogP contribution in [-0.2, 0) is 27.4 Å². The van der Waals surface area contributed by atoms with Gasteiger partial charge in [0.25, 0.3) is 0 Å². The minimum Gasteiger partial charge on any atom is -0.360 e. The van der Waals surface area contributed by atoms with Gasteiger partial charge < -0.3 is 19.1 Å². The Hall–Kier alpha value is -3.00. The number of aromatic nitrogens is 3. The highest BCUT2D eigenvalue weighted by Crippen LogP contribution is 2.52. The molecule has 0 saturated carbocycles. The third-order valence-corrected chi connectivity index (χ3v) is 6.54. The van der Waals surface area contributed by atoms with E-state index in [1.165, 1.54) is 0 Å². The number of likely N-dealkylation sites (tertiary alicyclic amines) is 1. The monoisotopic (exact) mass is 407 g/mol. The molecule has 5 heterocycles. The van der Waals surface area contributed by atoms with Crippen molar-refractivity contribution in [3.8, 4) is 0 Å². The van der Waals surface area contributed by atoms with Crippen LogP contribution in [0.25, 0.3) is 0 Å². The molecule has 0 radical (unpaired) electrons. The number of carbonyl (C=O) groups excluding carboxylic acids is 2. The van der Waals surface area contributed by atoms with Crippen LogP contribution in [0.3, 0.4) is 0 Å². The van der Waals surface area contributed by atoms with E-state index in [4.69, 9.17) is 4.74 Å². The van der Waals surface area contributed by atoms with Crippen molar-refractivity contribution in [1.29, 1.82) is 0 Å². The third-order valence-electron chi connectivity index (χ3n) is 6.54. The summed E-state index contributed by atoms with van der Waals surface area (Å²) >= 11 is 0. The van der Waals surface area contributed by atoms with E-state index in [-0.39, 0.29) is 17.9 Å². The molecule has 4 atom stereocenters. The molecule has 0 N–H and O–H groups in total. The maximum Gasteiger partial charge on any atom is 0.230 e. The molecule has 2 unspecified atom stereocenters. The molecule has 8 heteroatoms. The largest absolute Gasteiger partial charge is 0.360 e. The summed E-state index contributed by atoms with van der Waals surface area (Å²) in [5, 5.41) is 0. The highest BCUT2D eigenvalue weighted by molar-refractivity contribution is 5.93. The van der Waals surface area contributed by atoms with Crippen LogP contribution >= 0.6 is 0 Å². The summed E-state index contributed by atoms with van der Waals surface area (Å²) in [6.45, 7) is 4.10. The maximum atomic E-state index is 13.3. The van der Waals surface area contributed by atoms with E-state index in [9.17, 15) is 9.59 Å². The first kappa shape index (κ1) is 19.0. The van der Waals surface area contributed by atoms with Crippen LogP contribution in [0.2, 0.25) is 0 Å². The van der Waals surface area contributed by atoms with E-state index >= 15 is 0 Å². The van der Waals surface area contributed by atoms with Gasteiger partial charge in [-0.05, 0) is 18.6 Å². The normalized spacial score (nSPS) is 28.9. The molecule has 3 aliphatic rings. The summed E-state index contributed by atoms with van der Waals surface area (Å²) in [6, 6.07) is 3.81. The molecule has 0 aromatic carbocycles. The molecule has 1 spiro atoms. The van der Waals surface area contributed by atoms with Crippen molar-refractivity contribution in [3.05, 3.63) is 60.5 Å². The van der Waals surface area contributed by atoms with E-state index < -0.39 is 17.4 Å². The van der Waals surface area contributed by atoms with Gasteiger partial charge >= 0.3 is 0 Å². The smallest absolute Gasteiger partial charge is 0.230 e. The zero-order valence-electron chi connectivity index (χ0n) is 17.1. The summed E-state index contributed by atoms with van der Waals surface area (Å²) in [6.07, 6.45) is 10.8. The second-order valence-corrected chi connectivity index (χ2v) is 8.38. The summed E-state index contributed by atoms with van der Waals surface area (Å²) in [4.78, 5) is 38.5. The SMILES string of the molecule is Cc1nccn1CCN(C)C(=O)C1C2C(=O)N(Cc3cccnc3)C[C@@]23C=C[C@@H]1O3. The van der Waals surface area contributed by atoms with Gasteiger partial charge in [-0.2, -0.15) is 0 Å². The van der Waals surface area contributed by atoms with Crippen LogP contribution in [0, 0.1) is 18.8 Å². The Morgan fingerprint density at radius 2 is 2.27 bits per heavy atom. The van der Waals surface area contributed by atoms with Crippen LogP contribution in [-0.4, -0.2) is 68.0 Å². The van der Waals surface area contributed by atoms with Gasteiger partial charge in [0, 0.05) is 51.5 Å². The molecular formula is C22H25N5O3. The minimum atomic E-state index is -0.688. The minimum absolute atomic E-state index is 0.0112. The summed E-state index contributed by atoms with van der Waals surface area (Å²) in [5.41, 5.74) is 0.281. The number of imidazole rings is 1. The van der Waals surface area contributed by atoms with Gasteiger partial charge in [-0.25, -0.2) is 4.98 Å². The Bertz CT molecular complexity index is 1000. The summed E-state index contributed by atoms with van der Waals surface area (Å²) in [7, 11) is 1.80. The average Bonchev–Trinajstić information content (AvgIpc) is 3.48. The number of fused-ring (bicyclic) bond motifs is 1. The van der Waals surface area contributed by atoms with Crippen molar-refractivity contribution < 1.29 is 14.3 Å². The second-order valence-electron chi connectivity index (χ2n) is 8.38. The number of carbonyl (C=O) groups is 2. The third kappa shape index (κ3) is 2.94. The molecule has 8 nitrogen and oxygen atoms in total. The number of likely N-dealkylation sites (N-methyl/N-ethyl adjacent to an activating group) is 1. The standard InChI is InChI=1S/C22H25N5O3/c1-15-24-8-9-26(15)11-10-25(2)20(28)18-17-5-6-22(30-17)14-27(21(29)19(18)22)13-16-4-3-7-23-12-16/h3-9,12,17-19H,10-11,13-14H2,1-2H3/t17-,18?,19?,22-/m0/s1. The second kappa shape index (κ2) is 7.05. The van der Waals surface area contributed by atoms with Crippen LogP contribution in [0.1, 0.15) is 11.4 Å². The molecule has 5 rings (SSSR count). The molecule has 3 aliphatic heterocycles. The Morgan fingerprint density at radius 1 is 1.40 bits per heavy atom. The predicted octanol–water partition coefficient (Wildman–Crippen LogP) is 1.03. The topological polar surface area (TPSA) is 80.6 Å². The molecular weight excluding hydrogens is 382 g/mol. The molecule has 0 aliphatic carbocycles. The fourth-order valence-electron chi connectivity index (χ4n) is 4.97. The molecule has 2 aromatic rings. The van der Waals surface area contributed by atoms with E-state index in [0.717, 1.165) is 11.4 Å². The number of hydrogen-bond donors (Lipinski definition) is 0. The molecule has 2 amide bonds. The van der Waals surface area contributed by atoms with Crippen LogP contribution in [0.5, 0.6) is 0 Å². The first-order valence-corrected chi connectivity index (χ1v) is 10.3. The predicted molar refractivity (Wildman–Crippen MR) is 108 cm³/mol.